The van der Waals surface area contributed by atoms with Crippen molar-refractivity contribution >= 4 is 21.7 Å². The molecule has 2 atom stereocenters. The third-order valence-electron chi connectivity index (χ3n) is 3.17. The molecule has 0 radical (unpaired) electrons. The molecule has 0 aromatic heterocycles. The fourth-order valence-corrected chi connectivity index (χ4v) is 3.67. The van der Waals surface area contributed by atoms with Gasteiger partial charge in [-0.15, -0.1) is 0 Å². The summed E-state index contributed by atoms with van der Waals surface area (Å²) in [4.78, 5) is 25.2. The Hall–Kier alpha value is -1.37. The van der Waals surface area contributed by atoms with Crippen molar-refractivity contribution < 1.29 is 18.0 Å². The minimum Gasteiger partial charge on any atom is -0.345 e. The lowest BCUT2D eigenvalue weighted by atomic mass is 9.97. The second kappa shape index (κ2) is 4.38. The first kappa shape index (κ1) is 13.1. The topological polar surface area (TPSA) is 83.6 Å². The summed E-state index contributed by atoms with van der Waals surface area (Å²) in [6, 6.07) is -1.13. The quantitative estimate of drug-likeness (QED) is 0.719. The van der Waals surface area contributed by atoms with Crippen molar-refractivity contribution in [2.24, 2.45) is 5.92 Å². The van der Waals surface area contributed by atoms with E-state index in [1.807, 2.05) is 13.8 Å². The number of piperazine rings is 1. The maximum atomic E-state index is 11.9. The molecule has 0 bridgehead atoms. The zero-order valence-corrected chi connectivity index (χ0v) is 11.1. The van der Waals surface area contributed by atoms with Gasteiger partial charge in [0.2, 0.25) is 11.8 Å². The van der Waals surface area contributed by atoms with Gasteiger partial charge in [0, 0.05) is 5.41 Å². The highest BCUT2D eigenvalue weighted by atomic mass is 32.2. The number of carbonyl (C=O) groups is 2. The summed E-state index contributed by atoms with van der Waals surface area (Å²) in [6.07, 6.45) is 1.49. The van der Waals surface area contributed by atoms with Crippen LogP contribution in [0, 0.1) is 5.92 Å². The molecule has 0 saturated carbocycles. The minimum absolute atomic E-state index is 0.0631. The zero-order chi connectivity index (χ0) is 13.5. The highest BCUT2D eigenvalue weighted by molar-refractivity contribution is 7.94. The number of sulfone groups is 1. The van der Waals surface area contributed by atoms with Crippen molar-refractivity contribution in [1.29, 1.82) is 0 Å². The second-order valence-corrected chi connectivity index (χ2v) is 6.86. The lowest BCUT2D eigenvalue weighted by Crippen LogP contribution is -2.63. The van der Waals surface area contributed by atoms with Gasteiger partial charge in [0.1, 0.15) is 6.04 Å². The lowest BCUT2D eigenvalue weighted by molar-refractivity contribution is -0.148. The van der Waals surface area contributed by atoms with Crippen LogP contribution in [0.4, 0.5) is 0 Å². The predicted octanol–water partition coefficient (Wildman–Crippen LogP) is -0.720. The number of rotatable bonds is 2. The SMILES string of the molecule is CC(C)C1C(=O)NCC(=O)N1C1C=CS(=O)(=O)C1. The van der Waals surface area contributed by atoms with Crippen LogP contribution in [0.5, 0.6) is 0 Å². The van der Waals surface area contributed by atoms with Crippen LogP contribution >= 0.6 is 0 Å². The maximum absolute atomic E-state index is 11.9. The molecule has 2 amide bonds. The minimum atomic E-state index is -3.24. The van der Waals surface area contributed by atoms with Gasteiger partial charge < -0.3 is 10.2 Å². The van der Waals surface area contributed by atoms with Gasteiger partial charge in [-0.2, -0.15) is 0 Å². The van der Waals surface area contributed by atoms with Crippen molar-refractivity contribution in [1.82, 2.24) is 10.2 Å². The fourth-order valence-electron chi connectivity index (χ4n) is 2.39. The van der Waals surface area contributed by atoms with Crippen LogP contribution < -0.4 is 5.32 Å². The van der Waals surface area contributed by atoms with E-state index in [2.05, 4.69) is 5.32 Å². The molecule has 2 heterocycles. The Labute approximate surface area is 106 Å². The molecule has 1 N–H and O–H groups in total. The summed E-state index contributed by atoms with van der Waals surface area (Å²) in [5, 5.41) is 3.65. The summed E-state index contributed by atoms with van der Waals surface area (Å²) in [5.74, 6) is -0.650. The average molecular weight is 272 g/mol. The van der Waals surface area contributed by atoms with Gasteiger partial charge in [-0.25, -0.2) is 8.42 Å². The summed E-state index contributed by atoms with van der Waals surface area (Å²) in [5.41, 5.74) is 0. The standard InChI is InChI=1S/C11H16N2O4S/c1-7(2)10-11(15)12-5-9(14)13(10)8-3-4-18(16,17)6-8/h3-4,7-8,10H,5-6H2,1-2H3,(H,12,15). The molecule has 6 nitrogen and oxygen atoms in total. The number of amides is 2. The predicted molar refractivity (Wildman–Crippen MR) is 65.2 cm³/mol. The Morgan fingerprint density at radius 2 is 2.06 bits per heavy atom. The molecule has 2 unspecified atom stereocenters. The fraction of sp³-hybridized carbons (Fsp3) is 0.636. The third-order valence-corrected chi connectivity index (χ3v) is 4.55. The average Bonchev–Trinajstić information content (AvgIpc) is 2.61. The first-order chi connectivity index (χ1) is 8.32. The van der Waals surface area contributed by atoms with Crippen molar-refractivity contribution in [2.45, 2.75) is 25.9 Å². The van der Waals surface area contributed by atoms with E-state index in [0.29, 0.717) is 0 Å². The molecule has 2 aliphatic rings. The maximum Gasteiger partial charge on any atom is 0.243 e. The summed E-state index contributed by atoms with van der Waals surface area (Å²) in [7, 11) is -3.24. The highest BCUT2D eigenvalue weighted by Gasteiger charge is 2.42. The van der Waals surface area contributed by atoms with Gasteiger partial charge >= 0.3 is 0 Å². The van der Waals surface area contributed by atoms with E-state index < -0.39 is 21.9 Å². The van der Waals surface area contributed by atoms with Crippen LogP contribution in [-0.4, -0.2) is 49.5 Å². The molecular weight excluding hydrogens is 256 g/mol. The van der Waals surface area contributed by atoms with Crippen molar-refractivity contribution in [2.75, 3.05) is 12.3 Å². The molecular formula is C11H16N2O4S. The van der Waals surface area contributed by atoms with E-state index in [0.717, 1.165) is 5.41 Å². The first-order valence-corrected chi connectivity index (χ1v) is 7.53. The first-order valence-electron chi connectivity index (χ1n) is 5.81. The molecule has 0 aliphatic carbocycles. The highest BCUT2D eigenvalue weighted by Crippen LogP contribution is 2.23. The number of nitrogens with one attached hydrogen (secondary N) is 1. The normalized spacial score (nSPS) is 30.9. The molecule has 100 valence electrons. The molecule has 2 rings (SSSR count). The molecule has 18 heavy (non-hydrogen) atoms. The van der Waals surface area contributed by atoms with Crippen molar-refractivity contribution in [3.8, 4) is 0 Å². The van der Waals surface area contributed by atoms with Gasteiger partial charge in [0.15, 0.2) is 9.84 Å². The Morgan fingerprint density at radius 3 is 2.56 bits per heavy atom. The number of carbonyl (C=O) groups excluding carboxylic acids is 2. The summed E-state index contributed by atoms with van der Waals surface area (Å²) in [6.45, 7) is 3.61. The molecule has 0 aromatic carbocycles. The van der Waals surface area contributed by atoms with E-state index in [9.17, 15) is 18.0 Å². The Morgan fingerprint density at radius 1 is 1.39 bits per heavy atom. The Kier molecular flexibility index (Phi) is 3.18. The van der Waals surface area contributed by atoms with Crippen molar-refractivity contribution in [3.05, 3.63) is 11.5 Å². The Balaban J connectivity index is 2.30. The van der Waals surface area contributed by atoms with Gasteiger partial charge in [-0.1, -0.05) is 13.8 Å². The number of hydrogen-bond acceptors (Lipinski definition) is 4. The van der Waals surface area contributed by atoms with Gasteiger partial charge in [0.25, 0.3) is 0 Å². The van der Waals surface area contributed by atoms with Crippen LogP contribution in [0.2, 0.25) is 0 Å². The van der Waals surface area contributed by atoms with Crippen LogP contribution in [0.3, 0.4) is 0 Å². The molecule has 7 heteroatoms. The lowest BCUT2D eigenvalue weighted by Gasteiger charge is -2.40. The van der Waals surface area contributed by atoms with Gasteiger partial charge in [0.05, 0.1) is 18.3 Å². The monoisotopic (exact) mass is 272 g/mol. The van der Waals surface area contributed by atoms with E-state index in [1.54, 1.807) is 0 Å². The molecule has 0 aromatic rings. The largest absolute Gasteiger partial charge is 0.345 e. The number of hydrogen-bond donors (Lipinski definition) is 1. The summed E-state index contributed by atoms with van der Waals surface area (Å²) >= 11 is 0. The third kappa shape index (κ3) is 2.27. The molecule has 0 spiro atoms. The molecule has 1 fully saturated rings. The molecule has 2 aliphatic heterocycles. The van der Waals surface area contributed by atoms with Crippen LogP contribution in [0.15, 0.2) is 11.5 Å². The second-order valence-electron chi connectivity index (χ2n) is 4.93. The van der Waals surface area contributed by atoms with Crippen LogP contribution in [-0.2, 0) is 19.4 Å². The molecule has 1 saturated heterocycles. The number of nitrogens with zero attached hydrogens (tertiary/aromatic N) is 1. The van der Waals surface area contributed by atoms with Crippen molar-refractivity contribution in [3.63, 3.8) is 0 Å². The Bertz CT molecular complexity index is 509. The zero-order valence-electron chi connectivity index (χ0n) is 10.3. The summed E-state index contributed by atoms with van der Waals surface area (Å²) < 4.78 is 22.8. The van der Waals surface area contributed by atoms with Crippen LogP contribution in [0.1, 0.15) is 13.8 Å². The van der Waals surface area contributed by atoms with Gasteiger partial charge in [-0.3, -0.25) is 9.59 Å². The van der Waals surface area contributed by atoms with E-state index >= 15 is 0 Å². The van der Waals surface area contributed by atoms with E-state index in [1.165, 1.54) is 11.0 Å². The van der Waals surface area contributed by atoms with Gasteiger partial charge in [-0.05, 0) is 12.0 Å². The van der Waals surface area contributed by atoms with E-state index in [4.69, 9.17) is 0 Å². The van der Waals surface area contributed by atoms with E-state index in [-0.39, 0.29) is 30.0 Å². The van der Waals surface area contributed by atoms with Crippen LogP contribution in [0.25, 0.3) is 0 Å². The smallest absolute Gasteiger partial charge is 0.243 e.